The number of hydrogen-bond acceptors (Lipinski definition) is 7. The van der Waals surface area contributed by atoms with Gasteiger partial charge in [0.15, 0.2) is 5.58 Å². The molecule has 0 bridgehead atoms. The number of benzene rings is 3. The number of carbonyl (C=O) groups excluding carboxylic acids is 2. The smallest absolute Gasteiger partial charge is 0.327 e. The van der Waals surface area contributed by atoms with Gasteiger partial charge in [-0.15, -0.1) is 0 Å². The molecule has 4 aromatic rings. The molecule has 0 radical (unpaired) electrons. The van der Waals surface area contributed by atoms with E-state index in [1.54, 1.807) is 25.3 Å². The molecule has 3 aromatic carbocycles. The van der Waals surface area contributed by atoms with Gasteiger partial charge in [-0.25, -0.2) is 9.78 Å². The van der Waals surface area contributed by atoms with Gasteiger partial charge >= 0.3 is 5.97 Å². The van der Waals surface area contributed by atoms with E-state index in [-0.39, 0.29) is 11.9 Å². The van der Waals surface area contributed by atoms with E-state index < -0.39 is 6.04 Å². The van der Waals surface area contributed by atoms with Crippen molar-refractivity contribution in [3.8, 4) is 17.2 Å². The SMILES string of the molecule is COC(=O)C(c1ccccc1)N1CCN(C(=O)c2cccc(-c3nc4ccc(OC)cc4o3)c2)CC1. The predicted molar refractivity (Wildman–Crippen MR) is 135 cm³/mol. The Kier molecular flexibility index (Phi) is 6.69. The van der Waals surface area contributed by atoms with Gasteiger partial charge in [-0.05, 0) is 35.9 Å². The summed E-state index contributed by atoms with van der Waals surface area (Å²) in [4.78, 5) is 34.3. The van der Waals surface area contributed by atoms with Crippen LogP contribution in [0, 0.1) is 0 Å². The van der Waals surface area contributed by atoms with Crippen LogP contribution >= 0.6 is 0 Å². The maximum atomic E-state index is 13.3. The second kappa shape index (κ2) is 10.2. The Bertz CT molecular complexity index is 1380. The Morgan fingerprint density at radius 3 is 2.42 bits per heavy atom. The van der Waals surface area contributed by atoms with Crippen LogP contribution in [-0.4, -0.2) is 67.1 Å². The summed E-state index contributed by atoms with van der Waals surface area (Å²) in [7, 11) is 3.00. The maximum absolute atomic E-state index is 13.3. The highest BCUT2D eigenvalue weighted by Gasteiger charge is 2.32. The van der Waals surface area contributed by atoms with Gasteiger partial charge in [-0.2, -0.15) is 0 Å². The quantitative estimate of drug-likeness (QED) is 0.379. The molecule has 36 heavy (non-hydrogen) atoms. The monoisotopic (exact) mass is 485 g/mol. The van der Waals surface area contributed by atoms with E-state index in [0.717, 1.165) is 16.6 Å². The summed E-state index contributed by atoms with van der Waals surface area (Å²) in [5.41, 5.74) is 3.51. The highest BCUT2D eigenvalue weighted by atomic mass is 16.5. The fourth-order valence-electron chi connectivity index (χ4n) is 4.55. The number of methoxy groups -OCH3 is 2. The molecule has 5 rings (SSSR count). The summed E-state index contributed by atoms with van der Waals surface area (Å²) in [6.07, 6.45) is 0. The second-order valence-corrected chi connectivity index (χ2v) is 8.60. The summed E-state index contributed by atoms with van der Waals surface area (Å²) in [6.45, 7) is 2.14. The first-order valence-electron chi connectivity index (χ1n) is 11.8. The maximum Gasteiger partial charge on any atom is 0.327 e. The van der Waals surface area contributed by atoms with Crippen molar-refractivity contribution in [1.82, 2.24) is 14.8 Å². The summed E-state index contributed by atoms with van der Waals surface area (Å²) in [5, 5.41) is 0. The molecule has 0 saturated carbocycles. The van der Waals surface area contributed by atoms with E-state index in [9.17, 15) is 9.59 Å². The third-order valence-electron chi connectivity index (χ3n) is 6.46. The largest absolute Gasteiger partial charge is 0.497 e. The molecule has 1 unspecified atom stereocenters. The van der Waals surface area contributed by atoms with Crippen molar-refractivity contribution in [3.63, 3.8) is 0 Å². The van der Waals surface area contributed by atoms with Crippen molar-refractivity contribution >= 4 is 23.0 Å². The van der Waals surface area contributed by atoms with Gasteiger partial charge in [0.25, 0.3) is 5.91 Å². The molecule has 1 aliphatic rings. The van der Waals surface area contributed by atoms with Crippen LogP contribution in [0.15, 0.2) is 77.2 Å². The molecular formula is C28H27N3O5. The summed E-state index contributed by atoms with van der Waals surface area (Å²) < 4.78 is 16.3. The van der Waals surface area contributed by atoms with Crippen LogP contribution in [0.4, 0.5) is 0 Å². The average molecular weight is 486 g/mol. The number of fused-ring (bicyclic) bond motifs is 1. The van der Waals surface area contributed by atoms with Crippen molar-refractivity contribution in [3.05, 3.63) is 83.9 Å². The second-order valence-electron chi connectivity index (χ2n) is 8.60. The number of nitrogens with zero attached hydrogens (tertiary/aromatic N) is 3. The van der Waals surface area contributed by atoms with Crippen LogP contribution in [0.2, 0.25) is 0 Å². The fourth-order valence-corrected chi connectivity index (χ4v) is 4.55. The van der Waals surface area contributed by atoms with Crippen molar-refractivity contribution in [2.45, 2.75) is 6.04 Å². The van der Waals surface area contributed by atoms with Gasteiger partial charge in [0.05, 0.1) is 14.2 Å². The van der Waals surface area contributed by atoms with E-state index in [1.165, 1.54) is 7.11 Å². The van der Waals surface area contributed by atoms with E-state index >= 15 is 0 Å². The molecule has 1 fully saturated rings. The van der Waals surface area contributed by atoms with Crippen molar-refractivity contribution in [2.75, 3.05) is 40.4 Å². The van der Waals surface area contributed by atoms with Crippen LogP contribution in [0.1, 0.15) is 22.0 Å². The lowest BCUT2D eigenvalue weighted by Crippen LogP contribution is -2.51. The van der Waals surface area contributed by atoms with Gasteiger partial charge in [-0.1, -0.05) is 36.4 Å². The van der Waals surface area contributed by atoms with Gasteiger partial charge < -0.3 is 18.8 Å². The van der Waals surface area contributed by atoms with Crippen molar-refractivity contribution in [2.24, 2.45) is 0 Å². The van der Waals surface area contributed by atoms with Gasteiger partial charge in [0, 0.05) is 43.4 Å². The first-order chi connectivity index (χ1) is 17.6. The van der Waals surface area contributed by atoms with Gasteiger partial charge in [-0.3, -0.25) is 9.69 Å². The average Bonchev–Trinajstić information content (AvgIpc) is 3.37. The first-order valence-corrected chi connectivity index (χ1v) is 11.8. The zero-order chi connectivity index (χ0) is 25.1. The van der Waals surface area contributed by atoms with Crippen LogP contribution < -0.4 is 4.74 Å². The minimum atomic E-state index is -0.491. The molecule has 1 saturated heterocycles. The van der Waals surface area contributed by atoms with Gasteiger partial charge in [0.1, 0.15) is 17.3 Å². The Morgan fingerprint density at radius 1 is 0.917 bits per heavy atom. The number of ether oxygens (including phenoxy) is 2. The number of oxazole rings is 1. The van der Waals surface area contributed by atoms with Crippen molar-refractivity contribution in [1.29, 1.82) is 0 Å². The number of piperazine rings is 1. The lowest BCUT2D eigenvalue weighted by Gasteiger charge is -2.38. The molecular weight excluding hydrogens is 458 g/mol. The predicted octanol–water partition coefficient (Wildman–Crippen LogP) is 4.18. The molecule has 1 atom stereocenters. The molecule has 1 aromatic heterocycles. The van der Waals surface area contributed by atoms with E-state index in [0.29, 0.717) is 49.0 Å². The topological polar surface area (TPSA) is 85.1 Å². The molecule has 2 heterocycles. The molecule has 184 valence electrons. The number of amides is 1. The number of hydrogen-bond donors (Lipinski definition) is 0. The van der Waals surface area contributed by atoms with Gasteiger partial charge in [0.2, 0.25) is 5.89 Å². The van der Waals surface area contributed by atoms with Crippen LogP contribution in [0.3, 0.4) is 0 Å². The zero-order valence-electron chi connectivity index (χ0n) is 20.2. The van der Waals surface area contributed by atoms with Crippen LogP contribution in [0.5, 0.6) is 5.75 Å². The Hall–Kier alpha value is -4.17. The molecule has 0 N–H and O–H groups in total. The minimum Gasteiger partial charge on any atom is -0.497 e. The number of rotatable bonds is 6. The third-order valence-corrected chi connectivity index (χ3v) is 6.46. The molecule has 0 spiro atoms. The molecule has 1 aliphatic heterocycles. The van der Waals surface area contributed by atoms with E-state index in [1.807, 2.05) is 59.5 Å². The summed E-state index contributed by atoms with van der Waals surface area (Å²) >= 11 is 0. The van der Waals surface area contributed by atoms with Crippen LogP contribution in [-0.2, 0) is 9.53 Å². The van der Waals surface area contributed by atoms with E-state index in [2.05, 4.69) is 9.88 Å². The molecule has 8 nitrogen and oxygen atoms in total. The first kappa shape index (κ1) is 23.6. The highest BCUT2D eigenvalue weighted by Crippen LogP contribution is 2.28. The lowest BCUT2D eigenvalue weighted by molar-refractivity contribution is -0.148. The normalized spacial score (nSPS) is 15.0. The Morgan fingerprint density at radius 2 is 1.69 bits per heavy atom. The number of esters is 1. The third kappa shape index (κ3) is 4.67. The zero-order valence-corrected chi connectivity index (χ0v) is 20.2. The van der Waals surface area contributed by atoms with Crippen LogP contribution in [0.25, 0.3) is 22.6 Å². The Labute approximate surface area is 209 Å². The minimum absolute atomic E-state index is 0.0661. The lowest BCUT2D eigenvalue weighted by atomic mass is 10.0. The Balaban J connectivity index is 1.30. The fraction of sp³-hybridized carbons (Fsp3) is 0.250. The number of aromatic nitrogens is 1. The summed E-state index contributed by atoms with van der Waals surface area (Å²) in [6, 6.07) is 21.9. The number of carbonyl (C=O) groups is 2. The van der Waals surface area contributed by atoms with E-state index in [4.69, 9.17) is 13.9 Å². The molecule has 1 amide bonds. The summed E-state index contributed by atoms with van der Waals surface area (Å²) in [5.74, 6) is 0.768. The molecule has 0 aliphatic carbocycles. The molecule has 8 heteroatoms. The standard InChI is InChI=1S/C28H27N3O5/c1-34-22-11-12-23-24(18-22)36-26(29-23)20-9-6-10-21(17-20)27(32)31-15-13-30(14-16-31)25(28(33)35-2)19-7-4-3-5-8-19/h3-12,17-18,25H,13-16H2,1-2H3. The highest BCUT2D eigenvalue weighted by molar-refractivity contribution is 5.95. The van der Waals surface area contributed by atoms with Crippen molar-refractivity contribution < 1.29 is 23.5 Å².